The van der Waals surface area contributed by atoms with Crippen molar-refractivity contribution < 1.29 is 19.5 Å². The van der Waals surface area contributed by atoms with Crippen LogP contribution in [0, 0.1) is 30.6 Å². The smallest absolute Gasteiger partial charge is 0.274 e. The minimum absolute atomic E-state index is 0.0451. The first-order valence-electron chi connectivity index (χ1n) is 7.64. The number of hydrogen-bond donors (Lipinski definition) is 2. The van der Waals surface area contributed by atoms with Gasteiger partial charge in [0.1, 0.15) is 5.75 Å². The summed E-state index contributed by atoms with van der Waals surface area (Å²) in [5.41, 5.74) is 2.96. The molecule has 1 saturated carbocycles. The van der Waals surface area contributed by atoms with Crippen LogP contribution >= 0.6 is 0 Å². The van der Waals surface area contributed by atoms with Gasteiger partial charge in [-0.3, -0.25) is 19.8 Å². The normalized spacial score (nSPS) is 30.9. The lowest BCUT2D eigenvalue weighted by atomic mass is 9.85. The van der Waals surface area contributed by atoms with Crippen molar-refractivity contribution in [3.63, 3.8) is 0 Å². The summed E-state index contributed by atoms with van der Waals surface area (Å²) in [6.45, 7) is 1.67. The van der Waals surface area contributed by atoms with Crippen LogP contribution in [0.4, 0.5) is 0 Å². The zero-order chi connectivity index (χ0) is 16.3. The number of carbonyl (C=O) groups excluding carboxylic acids is 3. The number of amides is 3. The summed E-state index contributed by atoms with van der Waals surface area (Å²) in [6.07, 6.45) is 4.83. The van der Waals surface area contributed by atoms with E-state index in [0.29, 0.717) is 5.56 Å². The number of benzene rings is 1. The molecule has 0 unspecified atom stereocenters. The van der Waals surface area contributed by atoms with E-state index in [9.17, 15) is 19.5 Å². The third-order valence-corrected chi connectivity index (χ3v) is 5.17. The van der Waals surface area contributed by atoms with Gasteiger partial charge in [0.25, 0.3) is 17.7 Å². The number of nitrogens with zero attached hydrogens (tertiary/aromatic N) is 1. The van der Waals surface area contributed by atoms with Gasteiger partial charge in [0.05, 0.1) is 17.4 Å². The minimum atomic E-state index is -0.659. The molecule has 1 heterocycles. The van der Waals surface area contributed by atoms with Crippen LogP contribution in [0.3, 0.4) is 0 Å². The Hall–Kier alpha value is -2.63. The summed E-state index contributed by atoms with van der Waals surface area (Å²) >= 11 is 0. The van der Waals surface area contributed by atoms with Crippen molar-refractivity contribution in [2.75, 3.05) is 0 Å². The third-order valence-electron chi connectivity index (χ3n) is 5.17. The molecule has 2 N–H and O–H groups in total. The maximum absolute atomic E-state index is 12.5. The number of aryl methyl sites for hydroxylation is 1. The maximum atomic E-state index is 12.5. The van der Waals surface area contributed by atoms with Crippen molar-refractivity contribution in [2.24, 2.45) is 23.7 Å². The molecule has 118 valence electrons. The van der Waals surface area contributed by atoms with Crippen molar-refractivity contribution in [2.45, 2.75) is 13.3 Å². The summed E-state index contributed by atoms with van der Waals surface area (Å²) in [5, 5.41) is 10.8. The molecular weight excluding hydrogens is 296 g/mol. The number of nitrogens with one attached hydrogen (secondary N) is 1. The lowest BCUT2D eigenvalue weighted by molar-refractivity contribution is -0.143. The second-order valence-electron chi connectivity index (χ2n) is 6.42. The van der Waals surface area contributed by atoms with Gasteiger partial charge >= 0.3 is 0 Å². The van der Waals surface area contributed by atoms with Crippen LogP contribution in [0.1, 0.15) is 22.3 Å². The standard InChI is InChI=1S/C17H16N2O4/c1-8-3-2-4-11(14(8)20)15(21)18-19-16(22)12-9-5-6-10(7-9)13(12)17(19)23/h2-6,9-10,12-13,20H,7H2,1H3,(H,18,21)/t9-,10-,12-,13+/m0/s1. The molecule has 2 aliphatic carbocycles. The van der Waals surface area contributed by atoms with Gasteiger partial charge in [0.15, 0.2) is 0 Å². The Morgan fingerprint density at radius 2 is 1.78 bits per heavy atom. The Balaban J connectivity index is 1.58. The second kappa shape index (κ2) is 4.68. The number of hydrazine groups is 1. The van der Waals surface area contributed by atoms with Crippen LogP contribution in [-0.4, -0.2) is 27.8 Å². The highest BCUT2D eigenvalue weighted by Crippen LogP contribution is 2.52. The van der Waals surface area contributed by atoms with Gasteiger partial charge in [-0.25, -0.2) is 0 Å². The number of phenols is 1. The van der Waals surface area contributed by atoms with E-state index in [1.165, 1.54) is 6.07 Å². The number of aromatic hydroxyl groups is 1. The third kappa shape index (κ3) is 1.84. The van der Waals surface area contributed by atoms with Crippen molar-refractivity contribution in [1.29, 1.82) is 0 Å². The SMILES string of the molecule is Cc1cccc(C(=O)NN2C(=O)[C@@H]3[C@H](C2=O)[C@H]2C=C[C@H]3C2)c1O. The fourth-order valence-corrected chi connectivity index (χ4v) is 4.02. The van der Waals surface area contributed by atoms with E-state index < -0.39 is 5.91 Å². The molecule has 4 rings (SSSR count). The number of hydrogen-bond acceptors (Lipinski definition) is 4. The number of allylic oxidation sites excluding steroid dienone is 2. The van der Waals surface area contributed by atoms with Crippen molar-refractivity contribution in [1.82, 2.24) is 10.4 Å². The Labute approximate surface area is 132 Å². The van der Waals surface area contributed by atoms with Gasteiger partial charge in [0.2, 0.25) is 0 Å². The molecule has 3 aliphatic rings. The number of imide groups is 1. The topological polar surface area (TPSA) is 86.7 Å². The average Bonchev–Trinajstić information content (AvgIpc) is 3.19. The fraction of sp³-hybridized carbons (Fsp3) is 0.353. The first-order valence-corrected chi connectivity index (χ1v) is 7.64. The Bertz CT molecular complexity index is 740. The summed E-state index contributed by atoms with van der Waals surface area (Å²) in [4.78, 5) is 37.3. The van der Waals surface area contributed by atoms with Gasteiger partial charge < -0.3 is 5.11 Å². The number of phenolic OH excluding ortho intramolecular Hbond substituents is 1. The van der Waals surface area contributed by atoms with E-state index in [-0.39, 0.29) is 46.8 Å². The van der Waals surface area contributed by atoms with Gasteiger partial charge in [-0.15, -0.1) is 0 Å². The Kier molecular flexibility index (Phi) is 2.85. The quantitative estimate of drug-likeness (QED) is 0.633. The van der Waals surface area contributed by atoms with Crippen molar-refractivity contribution in [3.8, 4) is 5.75 Å². The van der Waals surface area contributed by atoms with E-state index in [1.54, 1.807) is 19.1 Å². The van der Waals surface area contributed by atoms with Crippen molar-refractivity contribution >= 4 is 17.7 Å². The van der Waals surface area contributed by atoms with Crippen molar-refractivity contribution in [3.05, 3.63) is 41.5 Å². The van der Waals surface area contributed by atoms with Gasteiger partial charge in [0, 0.05) is 0 Å². The number of fused-ring (bicyclic) bond motifs is 5. The first kappa shape index (κ1) is 14.0. The van der Waals surface area contributed by atoms with E-state index in [0.717, 1.165) is 11.4 Å². The largest absolute Gasteiger partial charge is 0.507 e. The fourth-order valence-electron chi connectivity index (χ4n) is 4.02. The molecule has 1 saturated heterocycles. The molecule has 3 amide bonds. The lowest BCUT2D eigenvalue weighted by Crippen LogP contribution is -2.47. The molecular formula is C17H16N2O4. The monoisotopic (exact) mass is 312 g/mol. The predicted octanol–water partition coefficient (Wildman–Crippen LogP) is 1.15. The van der Waals surface area contributed by atoms with Crippen LogP contribution in [0.15, 0.2) is 30.4 Å². The molecule has 2 bridgehead atoms. The van der Waals surface area contributed by atoms with Crippen LogP contribution in [0.5, 0.6) is 5.75 Å². The number of carbonyl (C=O) groups is 3. The van der Waals surface area contributed by atoms with Gasteiger partial charge in [-0.2, -0.15) is 5.01 Å². The highest BCUT2D eigenvalue weighted by Gasteiger charge is 2.59. The zero-order valence-corrected chi connectivity index (χ0v) is 12.5. The molecule has 0 aromatic heterocycles. The minimum Gasteiger partial charge on any atom is -0.507 e. The lowest BCUT2D eigenvalue weighted by Gasteiger charge is -2.18. The number of para-hydroxylation sites is 1. The average molecular weight is 312 g/mol. The highest BCUT2D eigenvalue weighted by molar-refractivity contribution is 6.09. The number of rotatable bonds is 2. The van der Waals surface area contributed by atoms with E-state index >= 15 is 0 Å². The van der Waals surface area contributed by atoms with E-state index in [4.69, 9.17) is 0 Å². The van der Waals surface area contributed by atoms with Crippen LogP contribution in [-0.2, 0) is 9.59 Å². The summed E-state index contributed by atoms with van der Waals surface area (Å²) in [7, 11) is 0. The molecule has 1 aromatic carbocycles. The van der Waals surface area contributed by atoms with E-state index in [2.05, 4.69) is 5.43 Å². The molecule has 0 radical (unpaired) electrons. The second-order valence-corrected chi connectivity index (χ2v) is 6.42. The Morgan fingerprint density at radius 3 is 2.39 bits per heavy atom. The maximum Gasteiger partial charge on any atom is 0.274 e. The summed E-state index contributed by atoms with van der Waals surface area (Å²) < 4.78 is 0. The summed E-state index contributed by atoms with van der Waals surface area (Å²) in [5.74, 6) is -2.03. The van der Waals surface area contributed by atoms with Gasteiger partial charge in [-0.1, -0.05) is 24.3 Å². The molecule has 0 spiro atoms. The molecule has 1 aromatic rings. The summed E-state index contributed by atoms with van der Waals surface area (Å²) in [6, 6.07) is 4.76. The molecule has 1 aliphatic heterocycles. The zero-order valence-electron chi connectivity index (χ0n) is 12.5. The van der Waals surface area contributed by atoms with Crippen LogP contribution < -0.4 is 5.43 Å². The molecule has 4 atom stereocenters. The highest BCUT2D eigenvalue weighted by atomic mass is 16.3. The molecule has 2 fully saturated rings. The van der Waals surface area contributed by atoms with E-state index in [1.807, 2.05) is 12.2 Å². The first-order chi connectivity index (χ1) is 11.0. The predicted molar refractivity (Wildman–Crippen MR) is 79.9 cm³/mol. The van der Waals surface area contributed by atoms with Crippen LogP contribution in [0.2, 0.25) is 0 Å². The van der Waals surface area contributed by atoms with Gasteiger partial charge in [-0.05, 0) is 36.8 Å². The molecule has 6 nitrogen and oxygen atoms in total. The Morgan fingerprint density at radius 1 is 1.17 bits per heavy atom. The molecule has 6 heteroatoms. The molecule has 23 heavy (non-hydrogen) atoms. The van der Waals surface area contributed by atoms with Crippen LogP contribution in [0.25, 0.3) is 0 Å².